The molecule has 19 heavy (non-hydrogen) atoms. The van der Waals surface area contributed by atoms with Gasteiger partial charge in [0.25, 0.3) is 0 Å². The highest BCUT2D eigenvalue weighted by molar-refractivity contribution is 9.10. The predicted molar refractivity (Wildman–Crippen MR) is 85.4 cm³/mol. The molecule has 0 aliphatic rings. The minimum Gasteiger partial charge on any atom is -0.398 e. The molecule has 102 valence electrons. The fourth-order valence-electron chi connectivity index (χ4n) is 1.92. The molecule has 1 heterocycles. The average molecular weight is 340 g/mol. The fraction of sp³-hybridized carbons (Fsp3) is 0.357. The third-order valence-corrected chi connectivity index (χ3v) is 5.05. The second-order valence-electron chi connectivity index (χ2n) is 4.51. The normalized spacial score (nSPS) is 10.9. The zero-order valence-electron chi connectivity index (χ0n) is 11.4. The van der Waals surface area contributed by atoms with Crippen LogP contribution >= 0.6 is 27.7 Å². The van der Waals surface area contributed by atoms with Gasteiger partial charge in [-0.05, 0) is 47.0 Å². The van der Waals surface area contributed by atoms with E-state index in [1.54, 1.807) is 11.8 Å². The lowest BCUT2D eigenvalue weighted by Crippen LogP contribution is -1.97. The Balaban J connectivity index is 2.16. The predicted octanol–water partition coefficient (Wildman–Crippen LogP) is 3.93. The van der Waals surface area contributed by atoms with E-state index in [1.807, 2.05) is 17.8 Å². The summed E-state index contributed by atoms with van der Waals surface area (Å²) in [6.45, 7) is 4.16. The first-order valence-electron chi connectivity index (χ1n) is 6.22. The van der Waals surface area contributed by atoms with Crippen LogP contribution < -0.4 is 5.73 Å². The molecule has 0 atom stereocenters. The summed E-state index contributed by atoms with van der Waals surface area (Å²) in [7, 11) is 1.98. The van der Waals surface area contributed by atoms with Crippen LogP contribution in [0.2, 0.25) is 0 Å². The summed E-state index contributed by atoms with van der Waals surface area (Å²) in [4.78, 5) is 1.12. The summed E-state index contributed by atoms with van der Waals surface area (Å²) in [5.41, 5.74) is 10.4. The molecule has 0 unspecified atom stereocenters. The summed E-state index contributed by atoms with van der Waals surface area (Å²) in [5.74, 6) is 0.858. The van der Waals surface area contributed by atoms with Gasteiger partial charge in [-0.2, -0.15) is 5.10 Å². The van der Waals surface area contributed by atoms with E-state index >= 15 is 0 Å². The highest BCUT2D eigenvalue weighted by Gasteiger charge is 2.13. The van der Waals surface area contributed by atoms with Crippen molar-refractivity contribution >= 4 is 33.4 Å². The lowest BCUT2D eigenvalue weighted by atomic mass is 10.2. The molecule has 1 aromatic carbocycles. The number of thioether (sulfide) groups is 1. The number of nitrogen functional groups attached to an aromatic ring is 1. The number of hydrogen-bond acceptors (Lipinski definition) is 3. The Morgan fingerprint density at radius 1 is 1.42 bits per heavy atom. The maximum Gasteiger partial charge on any atom is 0.0767 e. The number of aromatic nitrogens is 2. The zero-order chi connectivity index (χ0) is 14.0. The van der Waals surface area contributed by atoms with Crippen LogP contribution in [0, 0.1) is 6.92 Å². The first-order valence-corrected chi connectivity index (χ1v) is 8.00. The smallest absolute Gasteiger partial charge is 0.0767 e. The molecule has 0 spiro atoms. The van der Waals surface area contributed by atoms with Crippen LogP contribution in [0.3, 0.4) is 0 Å². The van der Waals surface area contributed by atoms with Gasteiger partial charge in [0.2, 0.25) is 0 Å². The van der Waals surface area contributed by atoms with E-state index in [9.17, 15) is 0 Å². The standard InChI is InChI=1S/C14H18BrN3S/c1-4-11-14(15)12(18(3)17-11)8-19-13-6-5-9(2)7-10(13)16/h5-7H,4,8,16H2,1-3H3. The van der Waals surface area contributed by atoms with Crippen molar-refractivity contribution in [2.24, 2.45) is 7.05 Å². The van der Waals surface area contributed by atoms with Crippen LogP contribution in [0.5, 0.6) is 0 Å². The number of aryl methyl sites for hydroxylation is 3. The number of nitrogens with two attached hydrogens (primary N) is 1. The third kappa shape index (κ3) is 3.15. The maximum atomic E-state index is 6.04. The van der Waals surface area contributed by atoms with Gasteiger partial charge >= 0.3 is 0 Å². The van der Waals surface area contributed by atoms with E-state index in [4.69, 9.17) is 5.73 Å². The van der Waals surface area contributed by atoms with Crippen molar-refractivity contribution in [3.8, 4) is 0 Å². The van der Waals surface area contributed by atoms with Gasteiger partial charge in [-0.25, -0.2) is 0 Å². The summed E-state index contributed by atoms with van der Waals surface area (Å²) < 4.78 is 3.07. The second kappa shape index (κ2) is 6.01. The van der Waals surface area contributed by atoms with Crippen molar-refractivity contribution in [3.63, 3.8) is 0 Å². The molecule has 0 aliphatic heterocycles. The molecule has 2 rings (SSSR count). The summed E-state index contributed by atoms with van der Waals surface area (Å²) in [6.07, 6.45) is 0.936. The van der Waals surface area contributed by atoms with Crippen LogP contribution in [0.25, 0.3) is 0 Å². The average Bonchev–Trinajstić information content (AvgIpc) is 2.64. The van der Waals surface area contributed by atoms with Gasteiger partial charge in [0.1, 0.15) is 0 Å². The van der Waals surface area contributed by atoms with Gasteiger partial charge in [0.05, 0.1) is 15.9 Å². The molecule has 0 saturated heterocycles. The topological polar surface area (TPSA) is 43.8 Å². The summed E-state index contributed by atoms with van der Waals surface area (Å²) in [6, 6.07) is 6.19. The Labute approximate surface area is 126 Å². The van der Waals surface area contributed by atoms with Crippen molar-refractivity contribution in [1.29, 1.82) is 0 Å². The molecule has 0 bridgehead atoms. The van der Waals surface area contributed by atoms with Crippen molar-refractivity contribution in [2.75, 3.05) is 5.73 Å². The van der Waals surface area contributed by atoms with Gasteiger partial charge in [-0.1, -0.05) is 13.0 Å². The van der Waals surface area contributed by atoms with Crippen molar-refractivity contribution < 1.29 is 0 Å². The molecule has 0 aliphatic carbocycles. The molecule has 0 saturated carbocycles. The van der Waals surface area contributed by atoms with Gasteiger partial charge < -0.3 is 5.73 Å². The second-order valence-corrected chi connectivity index (χ2v) is 6.32. The first-order chi connectivity index (χ1) is 9.02. The molecule has 5 heteroatoms. The van der Waals surface area contributed by atoms with Gasteiger partial charge in [0.15, 0.2) is 0 Å². The Morgan fingerprint density at radius 3 is 2.74 bits per heavy atom. The quantitative estimate of drug-likeness (QED) is 0.677. The Bertz CT molecular complexity index is 593. The number of halogens is 1. The molecule has 0 fully saturated rings. The van der Waals surface area contributed by atoms with Crippen LogP contribution in [0.15, 0.2) is 27.6 Å². The van der Waals surface area contributed by atoms with E-state index in [2.05, 4.69) is 47.0 Å². The van der Waals surface area contributed by atoms with Crippen LogP contribution in [0.1, 0.15) is 23.9 Å². The van der Waals surface area contributed by atoms with Crippen LogP contribution in [-0.2, 0) is 19.2 Å². The SMILES string of the molecule is CCc1nn(C)c(CSc2ccc(C)cc2N)c1Br. The zero-order valence-corrected chi connectivity index (χ0v) is 13.8. The number of hydrogen-bond donors (Lipinski definition) is 1. The molecule has 0 radical (unpaired) electrons. The molecule has 2 aromatic rings. The van der Waals surface area contributed by atoms with Crippen LogP contribution in [-0.4, -0.2) is 9.78 Å². The van der Waals surface area contributed by atoms with E-state index in [-0.39, 0.29) is 0 Å². The Kier molecular flexibility index (Phi) is 4.58. The van der Waals surface area contributed by atoms with Crippen molar-refractivity contribution in [1.82, 2.24) is 9.78 Å². The molecule has 3 nitrogen and oxygen atoms in total. The highest BCUT2D eigenvalue weighted by atomic mass is 79.9. The highest BCUT2D eigenvalue weighted by Crippen LogP contribution is 2.32. The van der Waals surface area contributed by atoms with Crippen LogP contribution in [0.4, 0.5) is 5.69 Å². The Hall–Kier alpha value is -0.940. The minimum atomic E-state index is 0.846. The number of nitrogens with zero attached hydrogens (tertiary/aromatic N) is 2. The molecular formula is C14H18BrN3S. The van der Waals surface area contributed by atoms with Crippen molar-refractivity contribution in [3.05, 3.63) is 39.6 Å². The Morgan fingerprint density at radius 2 is 2.16 bits per heavy atom. The third-order valence-electron chi connectivity index (χ3n) is 3.03. The monoisotopic (exact) mass is 339 g/mol. The molecule has 0 amide bonds. The summed E-state index contributed by atoms with van der Waals surface area (Å²) >= 11 is 5.38. The number of benzene rings is 1. The van der Waals surface area contributed by atoms with Gasteiger partial charge in [0, 0.05) is 23.4 Å². The largest absolute Gasteiger partial charge is 0.398 e. The van der Waals surface area contributed by atoms with E-state index in [0.717, 1.165) is 32.9 Å². The van der Waals surface area contributed by atoms with Crippen molar-refractivity contribution in [2.45, 2.75) is 30.9 Å². The number of anilines is 1. The summed E-state index contributed by atoms with van der Waals surface area (Å²) in [5, 5.41) is 4.50. The lowest BCUT2D eigenvalue weighted by Gasteiger charge is -2.07. The number of rotatable bonds is 4. The van der Waals surface area contributed by atoms with Gasteiger partial charge in [-0.3, -0.25) is 4.68 Å². The van der Waals surface area contributed by atoms with E-state index in [1.165, 1.54) is 11.3 Å². The lowest BCUT2D eigenvalue weighted by molar-refractivity contribution is 0.719. The molecular weight excluding hydrogens is 322 g/mol. The minimum absolute atomic E-state index is 0.846. The maximum absolute atomic E-state index is 6.04. The van der Waals surface area contributed by atoms with E-state index in [0.29, 0.717) is 0 Å². The fourth-order valence-corrected chi connectivity index (χ4v) is 3.88. The molecule has 2 N–H and O–H groups in total. The molecule has 1 aromatic heterocycles. The van der Waals surface area contributed by atoms with Gasteiger partial charge in [-0.15, -0.1) is 11.8 Å². The first kappa shape index (κ1) is 14.5. The van der Waals surface area contributed by atoms with E-state index < -0.39 is 0 Å².